The third-order valence-electron chi connectivity index (χ3n) is 3.09. The van der Waals surface area contributed by atoms with E-state index in [1.165, 1.54) is 16.7 Å². The molecule has 94 valence electrons. The molecule has 0 saturated heterocycles. The molecule has 0 aliphatic carbocycles. The largest absolute Gasteiger partial charge is 0.508 e. The van der Waals surface area contributed by atoms with Gasteiger partial charge in [0, 0.05) is 18.7 Å². The summed E-state index contributed by atoms with van der Waals surface area (Å²) in [5, 5.41) is 10.0. The summed E-state index contributed by atoms with van der Waals surface area (Å²) in [5.41, 5.74) is 1.25. The topological polar surface area (TPSA) is 55.1 Å². The van der Waals surface area contributed by atoms with Crippen LogP contribution in [0.4, 0.5) is 0 Å². The molecule has 0 fully saturated rings. The number of phenolic OH excluding ortho intramolecular Hbond substituents is 1. The van der Waals surface area contributed by atoms with Crippen molar-refractivity contribution in [2.75, 3.05) is 0 Å². The van der Waals surface area contributed by atoms with Crippen LogP contribution in [0.15, 0.2) is 53.3 Å². The molecule has 0 bridgehead atoms. The molecule has 1 aromatic heterocycles. The van der Waals surface area contributed by atoms with Crippen molar-refractivity contribution >= 4 is 10.9 Å². The number of fused-ring (bicyclic) bond motifs is 1. The maximum atomic E-state index is 12.3. The summed E-state index contributed by atoms with van der Waals surface area (Å²) >= 11 is 0. The lowest BCUT2D eigenvalue weighted by Crippen LogP contribution is -2.20. The maximum Gasteiger partial charge on any atom is 0.261 e. The van der Waals surface area contributed by atoms with Crippen LogP contribution in [0, 0.1) is 0 Å². The highest BCUT2D eigenvalue weighted by atomic mass is 16.3. The Bertz CT molecular complexity index is 807. The normalized spacial score (nSPS) is 10.8. The first-order valence-electron chi connectivity index (χ1n) is 5.92. The Morgan fingerprint density at radius 2 is 1.84 bits per heavy atom. The van der Waals surface area contributed by atoms with Crippen molar-refractivity contribution in [2.45, 2.75) is 0 Å². The fraction of sp³-hybridized carbons (Fsp3) is 0.0667. The van der Waals surface area contributed by atoms with Gasteiger partial charge in [0.15, 0.2) is 0 Å². The number of hydrogen-bond donors (Lipinski definition) is 1. The van der Waals surface area contributed by atoms with E-state index >= 15 is 0 Å². The molecular weight excluding hydrogens is 240 g/mol. The van der Waals surface area contributed by atoms with Crippen molar-refractivity contribution < 1.29 is 5.11 Å². The van der Waals surface area contributed by atoms with E-state index < -0.39 is 0 Å². The lowest BCUT2D eigenvalue weighted by Gasteiger charge is -2.09. The van der Waals surface area contributed by atoms with Gasteiger partial charge in [0.25, 0.3) is 5.56 Å². The van der Waals surface area contributed by atoms with Gasteiger partial charge in [-0.25, -0.2) is 4.98 Å². The molecule has 0 aliphatic rings. The van der Waals surface area contributed by atoms with Gasteiger partial charge >= 0.3 is 0 Å². The fourth-order valence-electron chi connectivity index (χ4n) is 2.10. The molecule has 0 aliphatic heterocycles. The SMILES string of the molecule is Cn1c(-c2ccccc2)nc2cc(O)ccc2c1=O. The summed E-state index contributed by atoms with van der Waals surface area (Å²) in [6, 6.07) is 14.1. The number of rotatable bonds is 1. The monoisotopic (exact) mass is 252 g/mol. The second-order valence-electron chi connectivity index (χ2n) is 4.37. The first-order chi connectivity index (χ1) is 9.16. The third-order valence-corrected chi connectivity index (χ3v) is 3.09. The van der Waals surface area contributed by atoms with Gasteiger partial charge in [-0.05, 0) is 12.1 Å². The average molecular weight is 252 g/mol. The van der Waals surface area contributed by atoms with Crippen molar-refractivity contribution in [1.82, 2.24) is 9.55 Å². The summed E-state index contributed by atoms with van der Waals surface area (Å²) in [6.07, 6.45) is 0. The van der Waals surface area contributed by atoms with Crippen LogP contribution in [-0.2, 0) is 7.05 Å². The number of hydrogen-bond acceptors (Lipinski definition) is 3. The molecule has 0 saturated carbocycles. The van der Waals surface area contributed by atoms with Crippen LogP contribution in [-0.4, -0.2) is 14.7 Å². The molecule has 4 heteroatoms. The van der Waals surface area contributed by atoms with Crippen molar-refractivity contribution in [2.24, 2.45) is 7.05 Å². The van der Waals surface area contributed by atoms with Crippen molar-refractivity contribution in [3.8, 4) is 17.1 Å². The van der Waals surface area contributed by atoms with E-state index in [-0.39, 0.29) is 11.3 Å². The highest BCUT2D eigenvalue weighted by Gasteiger charge is 2.10. The highest BCUT2D eigenvalue weighted by Crippen LogP contribution is 2.20. The number of benzene rings is 2. The van der Waals surface area contributed by atoms with Crippen LogP contribution in [0.5, 0.6) is 5.75 Å². The average Bonchev–Trinajstić information content (AvgIpc) is 2.43. The van der Waals surface area contributed by atoms with Crippen molar-refractivity contribution in [1.29, 1.82) is 0 Å². The first-order valence-corrected chi connectivity index (χ1v) is 5.92. The van der Waals surface area contributed by atoms with E-state index in [1.807, 2.05) is 30.3 Å². The minimum atomic E-state index is -0.121. The number of phenols is 1. The Labute approximate surface area is 109 Å². The zero-order valence-electron chi connectivity index (χ0n) is 10.4. The molecule has 0 unspecified atom stereocenters. The van der Waals surface area contributed by atoms with E-state index in [0.717, 1.165) is 5.56 Å². The molecule has 3 aromatic rings. The molecule has 1 heterocycles. The number of aromatic hydroxyl groups is 1. The predicted octanol–water partition coefficient (Wildman–Crippen LogP) is 2.31. The Balaban J connectivity index is 2.38. The fourth-order valence-corrected chi connectivity index (χ4v) is 2.10. The molecule has 2 aromatic carbocycles. The molecule has 3 rings (SSSR count). The van der Waals surface area contributed by atoms with E-state index in [2.05, 4.69) is 4.98 Å². The van der Waals surface area contributed by atoms with Gasteiger partial charge in [-0.1, -0.05) is 30.3 Å². The van der Waals surface area contributed by atoms with Gasteiger partial charge in [0.1, 0.15) is 11.6 Å². The first kappa shape index (κ1) is 11.5. The molecule has 0 radical (unpaired) electrons. The Hall–Kier alpha value is -2.62. The zero-order valence-corrected chi connectivity index (χ0v) is 10.4. The van der Waals surface area contributed by atoms with Crippen LogP contribution < -0.4 is 5.56 Å². The lowest BCUT2D eigenvalue weighted by atomic mass is 10.2. The zero-order chi connectivity index (χ0) is 13.4. The molecule has 0 atom stereocenters. The van der Waals surface area contributed by atoms with Gasteiger partial charge < -0.3 is 5.11 Å². The predicted molar refractivity (Wildman–Crippen MR) is 74.1 cm³/mol. The van der Waals surface area contributed by atoms with Gasteiger partial charge in [0.2, 0.25) is 0 Å². The standard InChI is InChI=1S/C15H12N2O2/c1-17-14(10-5-3-2-4-6-10)16-13-9-11(18)7-8-12(13)15(17)19/h2-9,18H,1H3. The van der Waals surface area contributed by atoms with Crippen LogP contribution in [0.25, 0.3) is 22.3 Å². The molecule has 4 nitrogen and oxygen atoms in total. The quantitative estimate of drug-likeness (QED) is 0.723. The molecule has 19 heavy (non-hydrogen) atoms. The van der Waals surface area contributed by atoms with Crippen LogP contribution in [0.2, 0.25) is 0 Å². The summed E-state index contributed by atoms with van der Waals surface area (Å²) < 4.78 is 1.52. The molecule has 0 spiro atoms. The van der Waals surface area contributed by atoms with Crippen molar-refractivity contribution in [3.05, 3.63) is 58.9 Å². The Morgan fingerprint density at radius 1 is 1.11 bits per heavy atom. The number of nitrogens with zero attached hydrogens (tertiary/aromatic N) is 2. The molecule has 0 amide bonds. The summed E-state index contributed by atoms with van der Waals surface area (Å²) in [4.78, 5) is 16.7. The van der Waals surface area contributed by atoms with Gasteiger partial charge in [-0.15, -0.1) is 0 Å². The van der Waals surface area contributed by atoms with Crippen LogP contribution >= 0.6 is 0 Å². The Morgan fingerprint density at radius 3 is 2.58 bits per heavy atom. The smallest absolute Gasteiger partial charge is 0.261 e. The molecule has 1 N–H and O–H groups in total. The van der Waals surface area contributed by atoms with E-state index in [4.69, 9.17) is 0 Å². The maximum absolute atomic E-state index is 12.3. The van der Waals surface area contributed by atoms with Crippen LogP contribution in [0.1, 0.15) is 0 Å². The van der Waals surface area contributed by atoms with Crippen LogP contribution in [0.3, 0.4) is 0 Å². The Kier molecular flexibility index (Phi) is 2.56. The summed E-state index contributed by atoms with van der Waals surface area (Å²) in [5.74, 6) is 0.691. The highest BCUT2D eigenvalue weighted by molar-refractivity contribution is 5.81. The third kappa shape index (κ3) is 1.87. The van der Waals surface area contributed by atoms with E-state index in [0.29, 0.717) is 16.7 Å². The minimum absolute atomic E-state index is 0.104. The van der Waals surface area contributed by atoms with Gasteiger partial charge in [-0.2, -0.15) is 0 Å². The van der Waals surface area contributed by atoms with E-state index in [9.17, 15) is 9.90 Å². The molecular formula is C15H12N2O2. The number of aromatic nitrogens is 2. The minimum Gasteiger partial charge on any atom is -0.508 e. The second kappa shape index (κ2) is 4.24. The van der Waals surface area contributed by atoms with Gasteiger partial charge in [0.05, 0.1) is 10.9 Å². The van der Waals surface area contributed by atoms with Crippen molar-refractivity contribution in [3.63, 3.8) is 0 Å². The summed E-state index contributed by atoms with van der Waals surface area (Å²) in [6.45, 7) is 0. The van der Waals surface area contributed by atoms with Gasteiger partial charge in [-0.3, -0.25) is 9.36 Å². The lowest BCUT2D eigenvalue weighted by molar-refractivity contribution is 0.476. The second-order valence-corrected chi connectivity index (χ2v) is 4.37. The summed E-state index contributed by atoms with van der Waals surface area (Å²) in [7, 11) is 1.70. The van der Waals surface area contributed by atoms with E-state index in [1.54, 1.807) is 13.1 Å².